The lowest BCUT2D eigenvalue weighted by Gasteiger charge is -2.37. The van der Waals surface area contributed by atoms with E-state index in [9.17, 15) is 0 Å². The Morgan fingerprint density at radius 2 is 2.00 bits per heavy atom. The average Bonchev–Trinajstić information content (AvgIpc) is 3.08. The summed E-state index contributed by atoms with van der Waals surface area (Å²) in [5, 5.41) is 0. The predicted octanol–water partition coefficient (Wildman–Crippen LogP) is 3.23. The van der Waals surface area contributed by atoms with Crippen LogP contribution in [-0.2, 0) is 0 Å². The molecule has 1 fully saturated rings. The Balaban J connectivity index is 1.33. The number of hydrogen-bond acceptors (Lipinski definition) is 6. The summed E-state index contributed by atoms with van der Waals surface area (Å²) < 4.78 is 19.7. The van der Waals surface area contributed by atoms with Crippen molar-refractivity contribution >= 4 is 11.2 Å². The van der Waals surface area contributed by atoms with Crippen LogP contribution in [0.4, 0.5) is 0 Å². The van der Waals surface area contributed by atoms with Crippen LogP contribution in [0.3, 0.4) is 0 Å². The lowest BCUT2D eigenvalue weighted by molar-refractivity contribution is 0.0462. The highest BCUT2D eigenvalue weighted by Crippen LogP contribution is 2.32. The maximum atomic E-state index is 6.17. The van der Waals surface area contributed by atoms with E-state index in [-0.39, 0.29) is 6.10 Å². The van der Waals surface area contributed by atoms with Gasteiger partial charge in [0.05, 0.1) is 7.11 Å². The van der Waals surface area contributed by atoms with Gasteiger partial charge in [0.25, 0.3) is 0 Å². The molecule has 2 aromatic heterocycles. The number of rotatable bonds is 4. The van der Waals surface area contributed by atoms with Crippen LogP contribution in [0.15, 0.2) is 36.4 Å². The van der Waals surface area contributed by atoms with Crippen LogP contribution in [0.5, 0.6) is 17.4 Å². The van der Waals surface area contributed by atoms with Gasteiger partial charge in [0.2, 0.25) is 5.88 Å². The monoisotopic (exact) mass is 394 g/mol. The van der Waals surface area contributed by atoms with Gasteiger partial charge in [-0.05, 0) is 44.5 Å². The van der Waals surface area contributed by atoms with Gasteiger partial charge in [-0.1, -0.05) is 12.1 Å². The molecule has 0 bridgehead atoms. The molecule has 2 aliphatic heterocycles. The molecule has 2 unspecified atom stereocenters. The number of nitrogens with zero attached hydrogens (tertiary/aromatic N) is 4. The number of pyridine rings is 1. The molecule has 0 N–H and O–H groups in total. The minimum atomic E-state index is 0.0440. The van der Waals surface area contributed by atoms with E-state index in [1.807, 2.05) is 36.4 Å². The topological polar surface area (TPSA) is 61.6 Å². The van der Waals surface area contributed by atoms with Gasteiger partial charge in [0.1, 0.15) is 24.1 Å². The molecule has 29 heavy (non-hydrogen) atoms. The number of aromatic nitrogens is 3. The van der Waals surface area contributed by atoms with Gasteiger partial charge < -0.3 is 18.8 Å². The first-order valence-corrected chi connectivity index (χ1v) is 10.2. The van der Waals surface area contributed by atoms with Gasteiger partial charge in [-0.3, -0.25) is 4.90 Å². The Morgan fingerprint density at radius 3 is 2.86 bits per heavy atom. The molecule has 1 saturated heterocycles. The molecule has 152 valence electrons. The fourth-order valence-electron chi connectivity index (χ4n) is 4.47. The van der Waals surface area contributed by atoms with E-state index < -0.39 is 0 Å². The molecule has 0 amide bonds. The fourth-order valence-corrected chi connectivity index (χ4v) is 4.47. The summed E-state index contributed by atoms with van der Waals surface area (Å²) in [5.41, 5.74) is 1.82. The summed E-state index contributed by atoms with van der Waals surface area (Å²) in [6, 6.07) is 12.1. The average molecular weight is 394 g/mol. The van der Waals surface area contributed by atoms with Gasteiger partial charge >= 0.3 is 0 Å². The van der Waals surface area contributed by atoms with Crippen molar-refractivity contribution < 1.29 is 14.2 Å². The van der Waals surface area contributed by atoms with E-state index in [2.05, 4.69) is 21.4 Å². The zero-order chi connectivity index (χ0) is 19.8. The highest BCUT2D eigenvalue weighted by atomic mass is 16.6. The highest BCUT2D eigenvalue weighted by molar-refractivity contribution is 5.72. The van der Waals surface area contributed by atoms with Gasteiger partial charge in [-0.25, -0.2) is 4.98 Å². The number of ether oxygens (including phenoxy) is 3. The van der Waals surface area contributed by atoms with Crippen LogP contribution in [0, 0.1) is 6.92 Å². The fraction of sp³-hybridized carbons (Fsp3) is 0.455. The smallest absolute Gasteiger partial charge is 0.215 e. The standard InChI is InChI=1S/C22H26N4O3/c1-15-23-18-9-10-21(27-2)24-22(18)26(15)16-6-5-11-25(12-16)13-17-14-28-19-7-3-4-8-20(19)29-17/h3-4,7-10,16-17H,5-6,11-14H2,1-2H3. The molecule has 0 saturated carbocycles. The van der Waals surface area contributed by atoms with Crippen molar-refractivity contribution in [2.45, 2.75) is 31.9 Å². The minimum Gasteiger partial charge on any atom is -0.486 e. The zero-order valence-corrected chi connectivity index (χ0v) is 16.9. The number of imidazole rings is 1. The number of likely N-dealkylation sites (tertiary alicyclic amines) is 1. The maximum Gasteiger partial charge on any atom is 0.215 e. The maximum absolute atomic E-state index is 6.17. The quantitative estimate of drug-likeness (QED) is 0.677. The van der Waals surface area contributed by atoms with Crippen molar-refractivity contribution in [1.82, 2.24) is 19.4 Å². The van der Waals surface area contributed by atoms with Gasteiger partial charge in [-0.15, -0.1) is 0 Å². The summed E-state index contributed by atoms with van der Waals surface area (Å²) in [4.78, 5) is 11.9. The van der Waals surface area contributed by atoms with Crippen LogP contribution >= 0.6 is 0 Å². The lowest BCUT2D eigenvalue weighted by Crippen LogP contribution is -2.45. The molecule has 7 nitrogen and oxygen atoms in total. The van der Waals surface area contributed by atoms with E-state index in [1.54, 1.807) is 7.11 Å². The molecule has 3 aromatic rings. The SMILES string of the molecule is COc1ccc2nc(C)n(C3CCCN(CC4COc5ccccc5O4)C3)c2n1. The van der Waals surface area contributed by atoms with Crippen molar-refractivity contribution in [3.8, 4) is 17.4 Å². The van der Waals surface area contributed by atoms with Crippen molar-refractivity contribution in [1.29, 1.82) is 0 Å². The lowest BCUT2D eigenvalue weighted by atomic mass is 10.0. The van der Waals surface area contributed by atoms with Crippen LogP contribution in [0.1, 0.15) is 24.7 Å². The third kappa shape index (κ3) is 3.51. The first-order chi connectivity index (χ1) is 14.2. The van der Waals surface area contributed by atoms with E-state index in [0.717, 1.165) is 61.0 Å². The predicted molar refractivity (Wildman–Crippen MR) is 110 cm³/mol. The Labute approximate surface area is 170 Å². The summed E-state index contributed by atoms with van der Waals surface area (Å²) in [6.45, 7) is 5.52. The van der Waals surface area contributed by atoms with Crippen molar-refractivity contribution in [3.63, 3.8) is 0 Å². The molecule has 2 atom stereocenters. The van der Waals surface area contributed by atoms with E-state index in [4.69, 9.17) is 19.2 Å². The number of hydrogen-bond donors (Lipinski definition) is 0. The van der Waals surface area contributed by atoms with Crippen molar-refractivity contribution in [3.05, 3.63) is 42.2 Å². The number of piperidine rings is 1. The Hall–Kier alpha value is -2.80. The third-order valence-electron chi connectivity index (χ3n) is 5.77. The Morgan fingerprint density at radius 1 is 1.14 bits per heavy atom. The number of methoxy groups -OCH3 is 1. The van der Waals surface area contributed by atoms with Crippen molar-refractivity contribution in [2.75, 3.05) is 33.4 Å². The summed E-state index contributed by atoms with van der Waals surface area (Å²) in [5.74, 6) is 3.29. The highest BCUT2D eigenvalue weighted by Gasteiger charge is 2.29. The molecule has 0 radical (unpaired) electrons. The number of fused-ring (bicyclic) bond motifs is 2. The summed E-state index contributed by atoms with van der Waals surface area (Å²) in [7, 11) is 1.65. The molecule has 2 aliphatic rings. The molecule has 0 aliphatic carbocycles. The zero-order valence-electron chi connectivity index (χ0n) is 16.9. The third-order valence-corrected chi connectivity index (χ3v) is 5.77. The summed E-state index contributed by atoms with van der Waals surface area (Å²) in [6.07, 6.45) is 2.30. The first-order valence-electron chi connectivity index (χ1n) is 10.2. The van der Waals surface area contributed by atoms with Crippen LogP contribution < -0.4 is 14.2 Å². The second kappa shape index (κ2) is 7.55. The molecular weight excluding hydrogens is 368 g/mol. The second-order valence-electron chi connectivity index (χ2n) is 7.78. The van der Waals surface area contributed by atoms with E-state index >= 15 is 0 Å². The molecule has 7 heteroatoms. The van der Waals surface area contributed by atoms with Gasteiger partial charge in [-0.2, -0.15) is 4.98 Å². The van der Waals surface area contributed by atoms with E-state index in [0.29, 0.717) is 18.5 Å². The second-order valence-corrected chi connectivity index (χ2v) is 7.78. The van der Waals surface area contributed by atoms with Gasteiger partial charge in [0.15, 0.2) is 17.1 Å². The Kier molecular flexibility index (Phi) is 4.75. The normalized spacial score (nSPS) is 22.0. The summed E-state index contributed by atoms with van der Waals surface area (Å²) >= 11 is 0. The molecule has 1 aromatic carbocycles. The Bertz CT molecular complexity index is 1020. The molecular formula is C22H26N4O3. The number of aryl methyl sites for hydroxylation is 1. The van der Waals surface area contributed by atoms with Gasteiger partial charge in [0, 0.05) is 25.2 Å². The van der Waals surface area contributed by atoms with Crippen molar-refractivity contribution in [2.24, 2.45) is 0 Å². The molecule has 0 spiro atoms. The minimum absolute atomic E-state index is 0.0440. The molecule has 4 heterocycles. The number of para-hydroxylation sites is 2. The van der Waals surface area contributed by atoms with E-state index in [1.165, 1.54) is 0 Å². The number of benzene rings is 1. The first kappa shape index (κ1) is 18.2. The van der Waals surface area contributed by atoms with Crippen LogP contribution in [0.2, 0.25) is 0 Å². The van der Waals surface area contributed by atoms with Crippen LogP contribution in [-0.4, -0.2) is 58.9 Å². The largest absolute Gasteiger partial charge is 0.486 e. The van der Waals surface area contributed by atoms with Crippen LogP contribution in [0.25, 0.3) is 11.2 Å². The molecule has 5 rings (SSSR count).